The second-order valence-corrected chi connectivity index (χ2v) is 4.29. The third-order valence-electron chi connectivity index (χ3n) is 2.63. The molecule has 0 aliphatic carbocycles. The van der Waals surface area contributed by atoms with Gasteiger partial charge in [-0.2, -0.15) is 0 Å². The topological polar surface area (TPSA) is 99.9 Å². The molecule has 1 heterocycles. The molecule has 0 saturated heterocycles. The number of rotatable bonds is 9. The third kappa shape index (κ3) is 5.94. The molecule has 0 fully saturated rings. The Morgan fingerprint density at radius 1 is 1.43 bits per heavy atom. The SMILES string of the molecule is C=CCN(CC(=O)O)C(=O)CCCNC(=O)c1ccco1. The Balaban J connectivity index is 2.29. The molecule has 1 aromatic heterocycles. The van der Waals surface area contributed by atoms with Gasteiger partial charge in [0.25, 0.3) is 5.91 Å². The van der Waals surface area contributed by atoms with E-state index < -0.39 is 5.97 Å². The van der Waals surface area contributed by atoms with Crippen molar-refractivity contribution in [2.24, 2.45) is 0 Å². The first-order valence-electron chi connectivity index (χ1n) is 6.46. The van der Waals surface area contributed by atoms with Crippen molar-refractivity contribution < 1.29 is 23.9 Å². The Morgan fingerprint density at radius 3 is 2.76 bits per heavy atom. The molecule has 7 heteroatoms. The summed E-state index contributed by atoms with van der Waals surface area (Å²) in [5, 5.41) is 11.3. The lowest BCUT2D eigenvalue weighted by molar-refractivity contribution is -0.144. The highest BCUT2D eigenvalue weighted by atomic mass is 16.4. The van der Waals surface area contributed by atoms with Gasteiger partial charge in [-0.15, -0.1) is 6.58 Å². The Morgan fingerprint density at radius 2 is 2.19 bits per heavy atom. The van der Waals surface area contributed by atoms with Crippen LogP contribution < -0.4 is 5.32 Å². The van der Waals surface area contributed by atoms with Crippen LogP contribution in [0.15, 0.2) is 35.5 Å². The largest absolute Gasteiger partial charge is 0.480 e. The molecule has 0 bridgehead atoms. The van der Waals surface area contributed by atoms with Crippen LogP contribution in [0.1, 0.15) is 23.4 Å². The lowest BCUT2D eigenvalue weighted by Crippen LogP contribution is -2.36. The number of carboxylic acid groups (broad SMARTS) is 1. The van der Waals surface area contributed by atoms with Crippen LogP contribution in [0.25, 0.3) is 0 Å². The summed E-state index contributed by atoms with van der Waals surface area (Å²) in [4.78, 5) is 35.2. The zero-order valence-electron chi connectivity index (χ0n) is 11.6. The van der Waals surface area contributed by atoms with E-state index in [1.807, 2.05) is 0 Å². The van der Waals surface area contributed by atoms with Crippen LogP contribution in [-0.2, 0) is 9.59 Å². The zero-order valence-corrected chi connectivity index (χ0v) is 11.6. The molecule has 21 heavy (non-hydrogen) atoms. The molecule has 1 rings (SSSR count). The average molecular weight is 294 g/mol. The molecule has 0 aromatic carbocycles. The van der Waals surface area contributed by atoms with Crippen LogP contribution in [0, 0.1) is 0 Å². The lowest BCUT2D eigenvalue weighted by atomic mass is 10.2. The Bertz CT molecular complexity index is 495. The molecule has 0 spiro atoms. The predicted octanol–water partition coefficient (Wildman–Crippen LogP) is 0.889. The summed E-state index contributed by atoms with van der Waals surface area (Å²) in [6, 6.07) is 3.15. The van der Waals surface area contributed by atoms with Crippen LogP contribution in [0.2, 0.25) is 0 Å². The Hall–Kier alpha value is -2.57. The summed E-state index contributed by atoms with van der Waals surface area (Å²) in [6.45, 7) is 3.62. The fourth-order valence-electron chi connectivity index (χ4n) is 1.67. The minimum atomic E-state index is -1.07. The maximum absolute atomic E-state index is 11.8. The van der Waals surface area contributed by atoms with Crippen molar-refractivity contribution in [1.82, 2.24) is 10.2 Å². The first kappa shape index (κ1) is 16.5. The fraction of sp³-hybridized carbons (Fsp3) is 0.357. The van der Waals surface area contributed by atoms with Gasteiger partial charge >= 0.3 is 5.97 Å². The molecule has 2 amide bonds. The number of amides is 2. The van der Waals surface area contributed by atoms with Gasteiger partial charge in [-0.3, -0.25) is 14.4 Å². The van der Waals surface area contributed by atoms with E-state index in [2.05, 4.69) is 11.9 Å². The molecule has 0 atom stereocenters. The van der Waals surface area contributed by atoms with Gasteiger partial charge in [0, 0.05) is 19.5 Å². The highest BCUT2D eigenvalue weighted by molar-refractivity contribution is 5.91. The van der Waals surface area contributed by atoms with E-state index in [1.165, 1.54) is 17.2 Å². The van der Waals surface area contributed by atoms with Crippen molar-refractivity contribution in [2.75, 3.05) is 19.6 Å². The van der Waals surface area contributed by atoms with E-state index in [1.54, 1.807) is 12.1 Å². The van der Waals surface area contributed by atoms with Crippen LogP contribution in [0.4, 0.5) is 0 Å². The van der Waals surface area contributed by atoms with Gasteiger partial charge in [0.2, 0.25) is 5.91 Å². The lowest BCUT2D eigenvalue weighted by Gasteiger charge is -2.18. The summed E-state index contributed by atoms with van der Waals surface area (Å²) >= 11 is 0. The van der Waals surface area contributed by atoms with Crippen molar-refractivity contribution in [3.05, 3.63) is 36.8 Å². The van der Waals surface area contributed by atoms with Gasteiger partial charge in [-0.25, -0.2) is 0 Å². The maximum atomic E-state index is 11.8. The number of nitrogens with zero attached hydrogens (tertiary/aromatic N) is 1. The van der Waals surface area contributed by atoms with E-state index in [0.717, 1.165) is 0 Å². The normalized spacial score (nSPS) is 9.90. The smallest absolute Gasteiger partial charge is 0.323 e. The molecule has 114 valence electrons. The second-order valence-electron chi connectivity index (χ2n) is 4.29. The standard InChI is InChI=1S/C14H18N2O5/c1-2-8-16(10-13(18)19)12(17)6-3-7-15-14(20)11-5-4-9-21-11/h2,4-5,9H,1,3,6-8,10H2,(H,15,20)(H,18,19). The van der Waals surface area contributed by atoms with Crippen LogP contribution in [0.3, 0.4) is 0 Å². The molecule has 0 aliphatic heterocycles. The first-order chi connectivity index (χ1) is 10.0. The number of hydrogen-bond acceptors (Lipinski definition) is 4. The van der Waals surface area contributed by atoms with Crippen molar-refractivity contribution in [1.29, 1.82) is 0 Å². The van der Waals surface area contributed by atoms with Gasteiger partial charge in [0.15, 0.2) is 5.76 Å². The maximum Gasteiger partial charge on any atom is 0.323 e. The quantitative estimate of drug-likeness (QED) is 0.520. The molecule has 0 radical (unpaired) electrons. The number of nitrogens with one attached hydrogen (secondary N) is 1. The van der Waals surface area contributed by atoms with E-state index in [9.17, 15) is 14.4 Å². The second kappa shape index (κ2) is 8.57. The summed E-state index contributed by atoms with van der Waals surface area (Å²) in [6.07, 6.45) is 3.44. The van der Waals surface area contributed by atoms with Crippen LogP contribution in [-0.4, -0.2) is 47.4 Å². The van der Waals surface area contributed by atoms with E-state index >= 15 is 0 Å². The number of carbonyl (C=O) groups is 3. The summed E-state index contributed by atoms with van der Waals surface area (Å²) < 4.78 is 4.92. The van der Waals surface area contributed by atoms with Gasteiger partial charge in [0.1, 0.15) is 6.54 Å². The van der Waals surface area contributed by atoms with Crippen LogP contribution >= 0.6 is 0 Å². The Kier molecular flexibility index (Phi) is 6.73. The molecular formula is C14H18N2O5. The molecule has 0 unspecified atom stereocenters. The monoisotopic (exact) mass is 294 g/mol. The number of carbonyl (C=O) groups excluding carboxylic acids is 2. The molecule has 7 nitrogen and oxygen atoms in total. The third-order valence-corrected chi connectivity index (χ3v) is 2.63. The highest BCUT2D eigenvalue weighted by Crippen LogP contribution is 2.01. The van der Waals surface area contributed by atoms with Crippen LogP contribution in [0.5, 0.6) is 0 Å². The summed E-state index contributed by atoms with van der Waals surface area (Å²) in [5.74, 6) is -1.50. The van der Waals surface area contributed by atoms with Crippen molar-refractivity contribution >= 4 is 17.8 Å². The molecule has 1 aromatic rings. The molecule has 0 saturated carbocycles. The molecular weight excluding hydrogens is 276 g/mol. The minimum absolute atomic E-state index is 0.152. The number of carboxylic acids is 1. The summed E-state index contributed by atoms with van der Waals surface area (Å²) in [5.41, 5.74) is 0. The fourth-order valence-corrected chi connectivity index (χ4v) is 1.67. The van der Waals surface area contributed by atoms with Gasteiger partial charge in [-0.05, 0) is 18.6 Å². The van der Waals surface area contributed by atoms with E-state index in [-0.39, 0.29) is 37.1 Å². The number of hydrogen-bond donors (Lipinski definition) is 2. The van der Waals surface area contributed by atoms with E-state index in [4.69, 9.17) is 9.52 Å². The van der Waals surface area contributed by atoms with Crippen molar-refractivity contribution in [2.45, 2.75) is 12.8 Å². The first-order valence-corrected chi connectivity index (χ1v) is 6.46. The Labute approximate surface area is 122 Å². The highest BCUT2D eigenvalue weighted by Gasteiger charge is 2.15. The minimum Gasteiger partial charge on any atom is -0.480 e. The van der Waals surface area contributed by atoms with E-state index in [0.29, 0.717) is 13.0 Å². The van der Waals surface area contributed by atoms with Gasteiger partial charge in [0.05, 0.1) is 6.26 Å². The predicted molar refractivity (Wildman–Crippen MR) is 74.7 cm³/mol. The number of aliphatic carboxylic acids is 1. The summed E-state index contributed by atoms with van der Waals surface area (Å²) in [7, 11) is 0. The molecule has 0 aliphatic rings. The van der Waals surface area contributed by atoms with Crippen molar-refractivity contribution in [3.8, 4) is 0 Å². The zero-order chi connectivity index (χ0) is 15.7. The number of furan rings is 1. The van der Waals surface area contributed by atoms with Gasteiger partial charge < -0.3 is 19.7 Å². The van der Waals surface area contributed by atoms with Crippen molar-refractivity contribution in [3.63, 3.8) is 0 Å². The van der Waals surface area contributed by atoms with Gasteiger partial charge in [-0.1, -0.05) is 6.08 Å². The molecule has 2 N–H and O–H groups in total. The average Bonchev–Trinajstić information content (AvgIpc) is 2.96.